The summed E-state index contributed by atoms with van der Waals surface area (Å²) >= 11 is 0. The van der Waals surface area contributed by atoms with E-state index in [0.29, 0.717) is 11.3 Å². The second-order valence-electron chi connectivity index (χ2n) is 7.84. The number of nitrogens with one attached hydrogen (secondary N) is 3. The van der Waals surface area contributed by atoms with Gasteiger partial charge in [0.2, 0.25) is 0 Å². The molecule has 5 aromatic rings. The van der Waals surface area contributed by atoms with Crippen molar-refractivity contribution in [2.24, 2.45) is 0 Å². The molecule has 0 bridgehead atoms. The van der Waals surface area contributed by atoms with Crippen LogP contribution in [0.15, 0.2) is 104 Å². The number of fused-ring (bicyclic) bond motifs is 1. The minimum atomic E-state index is -0.184. The number of ether oxygens (including phenoxy) is 1. The van der Waals surface area contributed by atoms with Gasteiger partial charge in [-0.2, -0.15) is 0 Å². The van der Waals surface area contributed by atoms with Crippen LogP contribution in [0.1, 0.15) is 10.4 Å². The molecule has 0 fully saturated rings. The first-order valence-corrected chi connectivity index (χ1v) is 11.1. The van der Waals surface area contributed by atoms with Gasteiger partial charge in [-0.15, -0.1) is 0 Å². The van der Waals surface area contributed by atoms with Crippen LogP contribution in [-0.4, -0.2) is 23.0 Å². The van der Waals surface area contributed by atoms with Crippen LogP contribution in [0.2, 0.25) is 0 Å². The third-order valence-corrected chi connectivity index (χ3v) is 5.46. The molecule has 0 atom stereocenters. The van der Waals surface area contributed by atoms with Crippen molar-refractivity contribution in [3.63, 3.8) is 0 Å². The minimum absolute atomic E-state index is 0.184. The molecule has 2 heterocycles. The molecule has 0 aliphatic rings. The molecule has 7 heteroatoms. The zero-order valence-corrected chi connectivity index (χ0v) is 19.0. The molecule has 3 N–H and O–H groups in total. The molecule has 7 nitrogen and oxygen atoms in total. The number of carbonyl (C=O) groups excluding carboxylic acids is 1. The van der Waals surface area contributed by atoms with Gasteiger partial charge >= 0.3 is 0 Å². The number of nitrogens with zero attached hydrogens (tertiary/aromatic N) is 2. The quantitative estimate of drug-likeness (QED) is 0.261. The zero-order valence-electron chi connectivity index (χ0n) is 19.0. The first-order chi connectivity index (χ1) is 17.2. The Balaban J connectivity index is 1.27. The van der Waals surface area contributed by atoms with Crippen molar-refractivity contribution in [2.75, 3.05) is 23.1 Å². The summed E-state index contributed by atoms with van der Waals surface area (Å²) in [6, 6.07) is 26.4. The van der Waals surface area contributed by atoms with E-state index in [0.717, 1.165) is 39.4 Å². The maximum Gasteiger partial charge on any atom is 0.255 e. The number of benzene rings is 3. The SMILES string of the molecule is COc1ccc2nccc(Nc3ccc(NC(=O)c4cccc(Nc5ccncc5)c4)cc3)c2c1. The highest BCUT2D eigenvalue weighted by molar-refractivity contribution is 6.05. The summed E-state index contributed by atoms with van der Waals surface area (Å²) in [5.41, 5.74) is 5.68. The number of hydrogen-bond donors (Lipinski definition) is 3. The van der Waals surface area contributed by atoms with Crippen molar-refractivity contribution in [1.29, 1.82) is 0 Å². The Morgan fingerprint density at radius 1 is 0.743 bits per heavy atom. The molecule has 3 aromatic carbocycles. The zero-order chi connectivity index (χ0) is 24.0. The standard InChI is InChI=1S/C28H23N5O2/c1-35-24-9-10-26-25(18-24)27(13-16-30-26)32-20-5-7-21(8-6-20)33-28(34)19-3-2-4-23(17-19)31-22-11-14-29-15-12-22/h2-18H,1H3,(H,29,31)(H,30,32)(H,33,34). The molecular formula is C28H23N5O2. The van der Waals surface area contributed by atoms with Crippen molar-refractivity contribution >= 4 is 45.2 Å². The molecule has 0 unspecified atom stereocenters. The Hall–Kier alpha value is -4.91. The smallest absolute Gasteiger partial charge is 0.255 e. The molecule has 2 aromatic heterocycles. The fourth-order valence-corrected chi connectivity index (χ4v) is 3.70. The van der Waals surface area contributed by atoms with Gasteiger partial charge in [-0.25, -0.2) is 0 Å². The molecule has 172 valence electrons. The van der Waals surface area contributed by atoms with Crippen molar-refractivity contribution in [2.45, 2.75) is 0 Å². The number of pyridine rings is 2. The first-order valence-electron chi connectivity index (χ1n) is 11.1. The lowest BCUT2D eigenvalue weighted by Gasteiger charge is -2.12. The second kappa shape index (κ2) is 9.93. The molecule has 1 amide bonds. The summed E-state index contributed by atoms with van der Waals surface area (Å²) in [5.74, 6) is 0.586. The van der Waals surface area contributed by atoms with Gasteiger partial charge in [-0.1, -0.05) is 6.07 Å². The van der Waals surface area contributed by atoms with Crippen LogP contribution in [0, 0.1) is 0 Å². The van der Waals surface area contributed by atoms with Crippen molar-refractivity contribution in [1.82, 2.24) is 9.97 Å². The maximum atomic E-state index is 12.8. The van der Waals surface area contributed by atoms with E-state index in [1.165, 1.54) is 0 Å². The molecule has 0 saturated heterocycles. The molecule has 0 aliphatic carbocycles. The predicted molar refractivity (Wildman–Crippen MR) is 140 cm³/mol. The van der Waals surface area contributed by atoms with Crippen LogP contribution < -0.4 is 20.7 Å². The highest BCUT2D eigenvalue weighted by atomic mass is 16.5. The number of amides is 1. The third-order valence-electron chi connectivity index (χ3n) is 5.46. The van der Waals surface area contributed by atoms with E-state index in [9.17, 15) is 4.79 Å². The van der Waals surface area contributed by atoms with Gasteiger partial charge in [0.15, 0.2) is 0 Å². The van der Waals surface area contributed by atoms with Crippen LogP contribution in [-0.2, 0) is 0 Å². The van der Waals surface area contributed by atoms with E-state index in [2.05, 4.69) is 25.9 Å². The van der Waals surface area contributed by atoms with Crippen LogP contribution in [0.5, 0.6) is 5.75 Å². The summed E-state index contributed by atoms with van der Waals surface area (Å²) in [4.78, 5) is 21.2. The number of carbonyl (C=O) groups is 1. The Morgan fingerprint density at radius 2 is 1.51 bits per heavy atom. The average Bonchev–Trinajstić information content (AvgIpc) is 2.90. The van der Waals surface area contributed by atoms with E-state index in [1.54, 1.807) is 31.8 Å². The van der Waals surface area contributed by atoms with Gasteiger partial charge in [0, 0.05) is 58.0 Å². The summed E-state index contributed by atoms with van der Waals surface area (Å²) in [7, 11) is 1.64. The lowest BCUT2D eigenvalue weighted by Crippen LogP contribution is -2.12. The summed E-state index contributed by atoms with van der Waals surface area (Å²) in [5, 5.41) is 10.6. The van der Waals surface area contributed by atoms with Gasteiger partial charge in [-0.05, 0) is 78.9 Å². The highest BCUT2D eigenvalue weighted by Gasteiger charge is 2.08. The molecule has 0 saturated carbocycles. The lowest BCUT2D eigenvalue weighted by atomic mass is 10.1. The summed E-state index contributed by atoms with van der Waals surface area (Å²) < 4.78 is 5.35. The molecule has 0 spiro atoms. The number of methoxy groups -OCH3 is 1. The first kappa shape index (κ1) is 21.9. The molecule has 0 radical (unpaired) electrons. The Bertz CT molecular complexity index is 1470. The van der Waals surface area contributed by atoms with Crippen molar-refractivity contribution < 1.29 is 9.53 Å². The fourth-order valence-electron chi connectivity index (χ4n) is 3.70. The molecule has 35 heavy (non-hydrogen) atoms. The maximum absolute atomic E-state index is 12.8. The van der Waals surface area contributed by atoms with E-state index in [4.69, 9.17) is 4.74 Å². The average molecular weight is 462 g/mol. The summed E-state index contributed by atoms with van der Waals surface area (Å²) in [6.07, 6.45) is 5.19. The van der Waals surface area contributed by atoms with E-state index in [-0.39, 0.29) is 5.91 Å². The lowest BCUT2D eigenvalue weighted by molar-refractivity contribution is 0.102. The predicted octanol–water partition coefficient (Wildman–Crippen LogP) is 6.38. The van der Waals surface area contributed by atoms with Crippen LogP contribution in [0.4, 0.5) is 28.4 Å². The van der Waals surface area contributed by atoms with Crippen molar-refractivity contribution in [3.05, 3.63) is 109 Å². The van der Waals surface area contributed by atoms with E-state index in [1.807, 2.05) is 78.9 Å². The van der Waals surface area contributed by atoms with E-state index < -0.39 is 0 Å². The van der Waals surface area contributed by atoms with Gasteiger partial charge < -0.3 is 20.7 Å². The molecule has 0 aliphatic heterocycles. The topological polar surface area (TPSA) is 88.2 Å². The van der Waals surface area contributed by atoms with E-state index >= 15 is 0 Å². The Kier molecular flexibility index (Phi) is 6.21. The van der Waals surface area contributed by atoms with Gasteiger partial charge in [0.1, 0.15) is 5.75 Å². The monoisotopic (exact) mass is 461 g/mol. The van der Waals surface area contributed by atoms with Gasteiger partial charge in [0.25, 0.3) is 5.91 Å². The third kappa shape index (κ3) is 5.20. The second-order valence-corrected chi connectivity index (χ2v) is 7.84. The summed E-state index contributed by atoms with van der Waals surface area (Å²) in [6.45, 7) is 0. The highest BCUT2D eigenvalue weighted by Crippen LogP contribution is 2.29. The largest absolute Gasteiger partial charge is 0.497 e. The Labute approximate surface area is 202 Å². The van der Waals surface area contributed by atoms with Crippen LogP contribution in [0.3, 0.4) is 0 Å². The Morgan fingerprint density at radius 3 is 2.31 bits per heavy atom. The number of aromatic nitrogens is 2. The van der Waals surface area contributed by atoms with Crippen LogP contribution >= 0.6 is 0 Å². The molecular weight excluding hydrogens is 438 g/mol. The van der Waals surface area contributed by atoms with Crippen LogP contribution in [0.25, 0.3) is 10.9 Å². The number of anilines is 5. The van der Waals surface area contributed by atoms with Gasteiger partial charge in [-0.3, -0.25) is 14.8 Å². The van der Waals surface area contributed by atoms with Gasteiger partial charge in [0.05, 0.1) is 12.6 Å². The normalized spacial score (nSPS) is 10.5. The number of hydrogen-bond acceptors (Lipinski definition) is 6. The van der Waals surface area contributed by atoms with Crippen molar-refractivity contribution in [3.8, 4) is 5.75 Å². The number of rotatable bonds is 7. The molecule has 5 rings (SSSR count). The minimum Gasteiger partial charge on any atom is -0.497 e. The fraction of sp³-hybridized carbons (Fsp3) is 0.0357.